The summed E-state index contributed by atoms with van der Waals surface area (Å²) < 4.78 is 5.66. The number of piperidine rings is 1. The molecular formula is C16H27N3O. The highest BCUT2D eigenvalue weighted by molar-refractivity contribution is 5.28. The average Bonchev–Trinajstić information content (AvgIpc) is 3.11. The molecule has 1 aliphatic heterocycles. The van der Waals surface area contributed by atoms with Gasteiger partial charge in [-0.3, -0.25) is 0 Å². The van der Waals surface area contributed by atoms with Gasteiger partial charge in [0.15, 0.2) is 0 Å². The standard InChI is InChI=1S/C16H27N3O/c1-2-9-17-12-14-13-20-15(18-14)19-10-7-16(8-11-19)5-3-4-6-16/h13,17H,2-12H2,1H3. The Labute approximate surface area is 121 Å². The maximum absolute atomic E-state index is 5.66. The molecule has 20 heavy (non-hydrogen) atoms. The molecular weight excluding hydrogens is 250 g/mol. The summed E-state index contributed by atoms with van der Waals surface area (Å²) in [6.45, 7) is 6.25. The predicted molar refractivity (Wildman–Crippen MR) is 80.8 cm³/mol. The number of hydrogen-bond acceptors (Lipinski definition) is 4. The van der Waals surface area contributed by atoms with E-state index in [1.54, 1.807) is 6.26 Å². The zero-order valence-electron chi connectivity index (χ0n) is 12.7. The second-order valence-corrected chi connectivity index (χ2v) is 6.49. The summed E-state index contributed by atoms with van der Waals surface area (Å²) in [5.74, 6) is 0. The first kappa shape index (κ1) is 13.9. The van der Waals surface area contributed by atoms with Gasteiger partial charge in [-0.1, -0.05) is 19.8 Å². The summed E-state index contributed by atoms with van der Waals surface area (Å²) in [6, 6.07) is 0.825. The molecule has 0 atom stereocenters. The third-order valence-electron chi connectivity index (χ3n) is 5.03. The van der Waals surface area contributed by atoms with Crippen LogP contribution >= 0.6 is 0 Å². The van der Waals surface area contributed by atoms with E-state index in [1.165, 1.54) is 38.5 Å². The lowest BCUT2D eigenvalue weighted by molar-refractivity contribution is 0.222. The fourth-order valence-electron chi connectivity index (χ4n) is 3.71. The number of nitrogens with zero attached hydrogens (tertiary/aromatic N) is 2. The van der Waals surface area contributed by atoms with Crippen LogP contribution < -0.4 is 10.2 Å². The number of nitrogens with one attached hydrogen (secondary N) is 1. The van der Waals surface area contributed by atoms with Gasteiger partial charge >= 0.3 is 0 Å². The van der Waals surface area contributed by atoms with Crippen LogP contribution in [-0.2, 0) is 6.54 Å². The zero-order chi connectivity index (χ0) is 13.8. The molecule has 3 rings (SSSR count). The molecule has 2 heterocycles. The summed E-state index contributed by atoms with van der Waals surface area (Å²) in [6.07, 6.45) is 11.4. The molecule has 1 saturated heterocycles. The van der Waals surface area contributed by atoms with Gasteiger partial charge in [0.25, 0.3) is 6.01 Å². The van der Waals surface area contributed by atoms with E-state index in [2.05, 4.69) is 22.1 Å². The molecule has 1 aromatic heterocycles. The second kappa shape index (κ2) is 6.17. The smallest absolute Gasteiger partial charge is 0.297 e. The van der Waals surface area contributed by atoms with Crippen LogP contribution in [0.3, 0.4) is 0 Å². The van der Waals surface area contributed by atoms with Gasteiger partial charge in [0, 0.05) is 19.6 Å². The van der Waals surface area contributed by atoms with Crippen LogP contribution in [-0.4, -0.2) is 24.6 Å². The Morgan fingerprint density at radius 3 is 2.70 bits per heavy atom. The van der Waals surface area contributed by atoms with Gasteiger partial charge in [-0.2, -0.15) is 4.98 Å². The summed E-state index contributed by atoms with van der Waals surface area (Å²) in [5.41, 5.74) is 1.68. The molecule has 1 N–H and O–H groups in total. The van der Waals surface area contributed by atoms with Gasteiger partial charge in [-0.15, -0.1) is 0 Å². The lowest BCUT2D eigenvalue weighted by Crippen LogP contribution is -2.39. The minimum absolute atomic E-state index is 0.661. The van der Waals surface area contributed by atoms with E-state index in [-0.39, 0.29) is 0 Å². The molecule has 1 aromatic rings. The van der Waals surface area contributed by atoms with Gasteiger partial charge in [-0.05, 0) is 44.1 Å². The molecule has 1 aliphatic carbocycles. The van der Waals surface area contributed by atoms with E-state index in [0.717, 1.165) is 44.3 Å². The molecule has 1 saturated carbocycles. The van der Waals surface area contributed by atoms with Crippen molar-refractivity contribution in [3.8, 4) is 0 Å². The minimum Gasteiger partial charge on any atom is -0.432 e. The number of rotatable bonds is 5. The highest BCUT2D eigenvalue weighted by Gasteiger charge is 2.37. The van der Waals surface area contributed by atoms with Gasteiger partial charge < -0.3 is 14.6 Å². The fraction of sp³-hybridized carbons (Fsp3) is 0.812. The van der Waals surface area contributed by atoms with Crippen LogP contribution in [0.4, 0.5) is 6.01 Å². The molecule has 1 spiro atoms. The van der Waals surface area contributed by atoms with E-state index in [4.69, 9.17) is 4.42 Å². The number of anilines is 1. The lowest BCUT2D eigenvalue weighted by Gasteiger charge is -2.38. The van der Waals surface area contributed by atoms with Crippen LogP contribution in [0.2, 0.25) is 0 Å². The van der Waals surface area contributed by atoms with E-state index in [0.29, 0.717) is 5.41 Å². The quantitative estimate of drug-likeness (QED) is 0.838. The minimum atomic E-state index is 0.661. The molecule has 4 nitrogen and oxygen atoms in total. The summed E-state index contributed by atoms with van der Waals surface area (Å²) >= 11 is 0. The second-order valence-electron chi connectivity index (χ2n) is 6.49. The van der Waals surface area contributed by atoms with Crippen molar-refractivity contribution in [1.82, 2.24) is 10.3 Å². The van der Waals surface area contributed by atoms with Crippen LogP contribution in [0.1, 0.15) is 57.6 Å². The maximum atomic E-state index is 5.66. The molecule has 2 aliphatic rings. The van der Waals surface area contributed by atoms with Crippen molar-refractivity contribution in [2.75, 3.05) is 24.5 Å². The van der Waals surface area contributed by atoms with Crippen LogP contribution in [0.15, 0.2) is 10.7 Å². The first-order valence-electron chi connectivity index (χ1n) is 8.21. The molecule has 0 amide bonds. The van der Waals surface area contributed by atoms with Crippen molar-refractivity contribution in [3.63, 3.8) is 0 Å². The molecule has 4 heteroatoms. The predicted octanol–water partition coefficient (Wildman–Crippen LogP) is 3.33. The van der Waals surface area contributed by atoms with Crippen molar-refractivity contribution in [3.05, 3.63) is 12.0 Å². The Hall–Kier alpha value is -1.03. The molecule has 0 unspecified atom stereocenters. The summed E-state index contributed by atoms with van der Waals surface area (Å²) in [5, 5.41) is 3.37. The normalized spacial score (nSPS) is 21.8. The highest BCUT2D eigenvalue weighted by atomic mass is 16.4. The van der Waals surface area contributed by atoms with Crippen molar-refractivity contribution in [2.45, 2.75) is 58.4 Å². The first-order chi connectivity index (χ1) is 9.81. The molecule has 0 bridgehead atoms. The van der Waals surface area contributed by atoms with Crippen molar-refractivity contribution >= 4 is 6.01 Å². The zero-order valence-corrected chi connectivity index (χ0v) is 12.7. The van der Waals surface area contributed by atoms with Crippen molar-refractivity contribution in [2.24, 2.45) is 5.41 Å². The Bertz CT molecular complexity index is 413. The number of hydrogen-bond donors (Lipinski definition) is 1. The van der Waals surface area contributed by atoms with E-state index >= 15 is 0 Å². The monoisotopic (exact) mass is 277 g/mol. The number of aromatic nitrogens is 1. The topological polar surface area (TPSA) is 41.3 Å². The van der Waals surface area contributed by atoms with Gasteiger partial charge in [0.1, 0.15) is 6.26 Å². The van der Waals surface area contributed by atoms with Crippen LogP contribution in [0.25, 0.3) is 0 Å². The van der Waals surface area contributed by atoms with Crippen molar-refractivity contribution in [1.29, 1.82) is 0 Å². The van der Waals surface area contributed by atoms with Crippen LogP contribution in [0, 0.1) is 5.41 Å². The molecule has 2 fully saturated rings. The van der Waals surface area contributed by atoms with Gasteiger partial charge in [0.05, 0.1) is 5.69 Å². The molecule has 0 aromatic carbocycles. The maximum Gasteiger partial charge on any atom is 0.297 e. The van der Waals surface area contributed by atoms with E-state index in [9.17, 15) is 0 Å². The third kappa shape index (κ3) is 3.00. The Kier molecular flexibility index (Phi) is 4.29. The Morgan fingerprint density at radius 1 is 1.25 bits per heavy atom. The van der Waals surface area contributed by atoms with E-state index in [1.807, 2.05) is 0 Å². The lowest BCUT2D eigenvalue weighted by atomic mass is 9.77. The van der Waals surface area contributed by atoms with E-state index < -0.39 is 0 Å². The highest BCUT2D eigenvalue weighted by Crippen LogP contribution is 2.46. The van der Waals surface area contributed by atoms with Crippen molar-refractivity contribution < 1.29 is 4.42 Å². The third-order valence-corrected chi connectivity index (χ3v) is 5.03. The average molecular weight is 277 g/mol. The number of oxazole rings is 1. The van der Waals surface area contributed by atoms with Gasteiger partial charge in [-0.25, -0.2) is 0 Å². The summed E-state index contributed by atoms with van der Waals surface area (Å²) in [7, 11) is 0. The Morgan fingerprint density at radius 2 is 2.00 bits per heavy atom. The largest absolute Gasteiger partial charge is 0.432 e. The SMILES string of the molecule is CCCNCc1coc(N2CCC3(CCCC3)CC2)n1. The first-order valence-corrected chi connectivity index (χ1v) is 8.21. The summed E-state index contributed by atoms with van der Waals surface area (Å²) in [4.78, 5) is 6.94. The Balaban J connectivity index is 1.52. The van der Waals surface area contributed by atoms with Gasteiger partial charge in [0.2, 0.25) is 0 Å². The molecule has 112 valence electrons. The fourth-order valence-corrected chi connectivity index (χ4v) is 3.71. The van der Waals surface area contributed by atoms with Crippen LogP contribution in [0.5, 0.6) is 0 Å². The molecule has 0 radical (unpaired) electrons.